The summed E-state index contributed by atoms with van der Waals surface area (Å²) < 4.78 is 11.4. The molecule has 3 nitrogen and oxygen atoms in total. The molecule has 1 N–H and O–H groups in total. The first-order chi connectivity index (χ1) is 7.76. The second-order valence-corrected chi connectivity index (χ2v) is 6.69. The van der Waals surface area contributed by atoms with Gasteiger partial charge in [-0.3, -0.25) is 0 Å². The summed E-state index contributed by atoms with van der Waals surface area (Å²) in [6, 6.07) is 0. The molecule has 1 unspecified atom stereocenters. The van der Waals surface area contributed by atoms with Crippen LogP contribution in [0.5, 0.6) is 0 Å². The molecule has 0 fully saturated rings. The van der Waals surface area contributed by atoms with Gasteiger partial charge in [0.05, 0.1) is 0 Å². The summed E-state index contributed by atoms with van der Waals surface area (Å²) in [5.41, 5.74) is 0.614. The van der Waals surface area contributed by atoms with E-state index in [1.54, 1.807) is 0 Å². The fraction of sp³-hybridized carbons (Fsp3) is 1.00. The maximum absolute atomic E-state index is 5.72. The van der Waals surface area contributed by atoms with Crippen LogP contribution in [-0.2, 0) is 8.85 Å². The van der Waals surface area contributed by atoms with Gasteiger partial charge < -0.3 is 14.2 Å². The zero-order valence-corrected chi connectivity index (χ0v) is 12.6. The van der Waals surface area contributed by atoms with Crippen molar-refractivity contribution in [2.75, 3.05) is 26.3 Å². The van der Waals surface area contributed by atoms with Crippen LogP contribution in [0.3, 0.4) is 0 Å². The molecule has 98 valence electrons. The molecule has 1 atom stereocenters. The SMILES string of the molecule is CCCNCCCC(C)[SiH](OCC)OCC. The molecule has 0 saturated carbocycles. The minimum absolute atomic E-state index is 0.614. The number of hydrogen-bond acceptors (Lipinski definition) is 3. The Bertz CT molecular complexity index is 141. The molecule has 0 amide bonds. The smallest absolute Gasteiger partial charge is 0.324 e. The molecule has 0 aromatic heterocycles. The average molecular weight is 247 g/mol. The van der Waals surface area contributed by atoms with Crippen LogP contribution in [-0.4, -0.2) is 35.6 Å². The Hall–Kier alpha value is 0.0969. The number of nitrogens with one attached hydrogen (secondary N) is 1. The van der Waals surface area contributed by atoms with Crippen LogP contribution in [0.15, 0.2) is 0 Å². The van der Waals surface area contributed by atoms with Crippen molar-refractivity contribution in [1.29, 1.82) is 0 Å². The van der Waals surface area contributed by atoms with E-state index in [-0.39, 0.29) is 0 Å². The third-order valence-electron chi connectivity index (χ3n) is 2.57. The van der Waals surface area contributed by atoms with Crippen LogP contribution < -0.4 is 5.32 Å². The lowest BCUT2D eigenvalue weighted by Gasteiger charge is -2.21. The second kappa shape index (κ2) is 11.6. The second-order valence-electron chi connectivity index (χ2n) is 4.15. The molecule has 0 spiro atoms. The van der Waals surface area contributed by atoms with Crippen molar-refractivity contribution in [2.45, 2.75) is 52.5 Å². The summed E-state index contributed by atoms with van der Waals surface area (Å²) in [6.45, 7) is 12.4. The zero-order chi connectivity index (χ0) is 12.2. The van der Waals surface area contributed by atoms with Crippen molar-refractivity contribution >= 4 is 9.28 Å². The van der Waals surface area contributed by atoms with Gasteiger partial charge in [-0.1, -0.05) is 13.8 Å². The highest BCUT2D eigenvalue weighted by Gasteiger charge is 2.20. The van der Waals surface area contributed by atoms with Gasteiger partial charge in [0.2, 0.25) is 0 Å². The van der Waals surface area contributed by atoms with Gasteiger partial charge in [-0.05, 0) is 51.7 Å². The first kappa shape index (κ1) is 16.1. The van der Waals surface area contributed by atoms with Gasteiger partial charge in [0.15, 0.2) is 0 Å². The topological polar surface area (TPSA) is 30.5 Å². The maximum atomic E-state index is 5.72. The number of hydrogen-bond donors (Lipinski definition) is 1. The quantitative estimate of drug-likeness (QED) is 0.449. The summed E-state index contributed by atoms with van der Waals surface area (Å²) in [7, 11) is -1.41. The predicted molar refractivity (Wildman–Crippen MR) is 72.2 cm³/mol. The minimum atomic E-state index is -1.41. The highest BCUT2D eigenvalue weighted by Crippen LogP contribution is 2.18. The van der Waals surface area contributed by atoms with Crippen molar-refractivity contribution in [3.05, 3.63) is 0 Å². The predicted octanol–water partition coefficient (Wildman–Crippen LogP) is 2.45. The van der Waals surface area contributed by atoms with E-state index in [9.17, 15) is 0 Å². The van der Waals surface area contributed by atoms with E-state index in [0.29, 0.717) is 5.54 Å². The van der Waals surface area contributed by atoms with Crippen LogP contribution in [0.2, 0.25) is 5.54 Å². The fourth-order valence-corrected chi connectivity index (χ4v) is 3.61. The third kappa shape index (κ3) is 8.27. The monoisotopic (exact) mass is 247 g/mol. The average Bonchev–Trinajstić information content (AvgIpc) is 2.28. The molecule has 0 radical (unpaired) electrons. The van der Waals surface area contributed by atoms with Crippen molar-refractivity contribution in [2.24, 2.45) is 0 Å². The summed E-state index contributed by atoms with van der Waals surface area (Å²) in [6.07, 6.45) is 3.66. The molecule has 0 heterocycles. The van der Waals surface area contributed by atoms with Crippen molar-refractivity contribution in [1.82, 2.24) is 5.32 Å². The Morgan fingerprint density at radius 1 is 1.06 bits per heavy atom. The van der Waals surface area contributed by atoms with Gasteiger partial charge in [-0.2, -0.15) is 0 Å². The maximum Gasteiger partial charge on any atom is 0.324 e. The van der Waals surface area contributed by atoms with Gasteiger partial charge in [0.1, 0.15) is 0 Å². The van der Waals surface area contributed by atoms with Gasteiger partial charge in [0, 0.05) is 13.2 Å². The highest BCUT2D eigenvalue weighted by atomic mass is 28.3. The van der Waals surface area contributed by atoms with Gasteiger partial charge in [0.25, 0.3) is 0 Å². The summed E-state index contributed by atoms with van der Waals surface area (Å²) in [5.74, 6) is 0. The lowest BCUT2D eigenvalue weighted by Crippen LogP contribution is -2.28. The van der Waals surface area contributed by atoms with Gasteiger partial charge in [-0.25, -0.2) is 0 Å². The summed E-state index contributed by atoms with van der Waals surface area (Å²) in [5, 5.41) is 3.43. The molecule has 0 aromatic carbocycles. The molecule has 0 bridgehead atoms. The third-order valence-corrected chi connectivity index (χ3v) is 5.15. The molecular weight excluding hydrogens is 218 g/mol. The summed E-state index contributed by atoms with van der Waals surface area (Å²) in [4.78, 5) is 0. The lowest BCUT2D eigenvalue weighted by atomic mass is 10.2. The summed E-state index contributed by atoms with van der Waals surface area (Å²) >= 11 is 0. The van der Waals surface area contributed by atoms with E-state index < -0.39 is 9.28 Å². The van der Waals surface area contributed by atoms with E-state index in [4.69, 9.17) is 8.85 Å². The molecule has 4 heteroatoms. The van der Waals surface area contributed by atoms with E-state index in [2.05, 4.69) is 33.0 Å². The first-order valence-corrected chi connectivity index (χ1v) is 8.31. The minimum Gasteiger partial charge on any atom is -0.397 e. The molecule has 16 heavy (non-hydrogen) atoms. The van der Waals surface area contributed by atoms with Crippen LogP contribution in [0, 0.1) is 0 Å². The van der Waals surface area contributed by atoms with Crippen LogP contribution in [0.4, 0.5) is 0 Å². The Labute approximate surface area is 103 Å². The lowest BCUT2D eigenvalue weighted by molar-refractivity contribution is 0.203. The Morgan fingerprint density at radius 3 is 2.19 bits per heavy atom. The molecule has 0 aromatic rings. The van der Waals surface area contributed by atoms with E-state index in [1.807, 2.05) is 0 Å². The fourth-order valence-electron chi connectivity index (χ4n) is 1.69. The first-order valence-electron chi connectivity index (χ1n) is 6.70. The molecule has 0 rings (SSSR count). The highest BCUT2D eigenvalue weighted by molar-refractivity contribution is 6.46. The Morgan fingerprint density at radius 2 is 1.69 bits per heavy atom. The van der Waals surface area contributed by atoms with Gasteiger partial charge >= 0.3 is 9.28 Å². The molecular formula is C12H29NO2Si. The Kier molecular flexibility index (Phi) is 11.6. The van der Waals surface area contributed by atoms with Gasteiger partial charge in [-0.15, -0.1) is 0 Å². The normalized spacial score (nSPS) is 13.3. The number of rotatable bonds is 11. The van der Waals surface area contributed by atoms with Crippen molar-refractivity contribution < 1.29 is 8.85 Å². The van der Waals surface area contributed by atoms with Crippen LogP contribution in [0.25, 0.3) is 0 Å². The van der Waals surface area contributed by atoms with Crippen LogP contribution >= 0.6 is 0 Å². The van der Waals surface area contributed by atoms with E-state index in [0.717, 1.165) is 26.3 Å². The zero-order valence-electron chi connectivity index (χ0n) is 11.4. The van der Waals surface area contributed by atoms with E-state index >= 15 is 0 Å². The van der Waals surface area contributed by atoms with Crippen LogP contribution in [0.1, 0.15) is 47.0 Å². The molecule has 0 saturated heterocycles. The molecule has 0 aliphatic heterocycles. The van der Waals surface area contributed by atoms with Crippen molar-refractivity contribution in [3.63, 3.8) is 0 Å². The largest absolute Gasteiger partial charge is 0.397 e. The van der Waals surface area contributed by atoms with Crippen molar-refractivity contribution in [3.8, 4) is 0 Å². The Balaban J connectivity index is 3.60. The van der Waals surface area contributed by atoms with E-state index in [1.165, 1.54) is 19.3 Å². The molecule has 0 aliphatic rings. The molecule has 0 aliphatic carbocycles. The standard InChI is InChI=1S/C12H29NO2Si/c1-5-10-13-11-8-9-12(4)16(14-6-2)15-7-3/h12-13,16H,5-11H2,1-4H3.